The van der Waals surface area contributed by atoms with E-state index in [9.17, 15) is 4.79 Å². The van der Waals surface area contributed by atoms with Crippen molar-refractivity contribution in [3.8, 4) is 0 Å². The van der Waals surface area contributed by atoms with Crippen LogP contribution in [0.3, 0.4) is 0 Å². The number of hydrogen-bond acceptors (Lipinski definition) is 3. The molecule has 5 heteroatoms. The number of halogens is 2. The van der Waals surface area contributed by atoms with Crippen LogP contribution < -0.4 is 0 Å². The number of aliphatic imine (C=N–C) groups is 1. The van der Waals surface area contributed by atoms with Crippen molar-refractivity contribution < 1.29 is 4.79 Å². The first-order valence-corrected chi connectivity index (χ1v) is 4.28. The fraction of sp³-hybridized carbons (Fsp3) is 0.167. The Labute approximate surface area is 77.5 Å². The summed E-state index contributed by atoms with van der Waals surface area (Å²) >= 11 is 12.6. The molecule has 0 radical (unpaired) electrons. The van der Waals surface area contributed by atoms with Crippen molar-refractivity contribution in [3.05, 3.63) is 20.3 Å². The lowest BCUT2D eigenvalue weighted by Crippen LogP contribution is -1.74. The SMILES string of the molecule is O=C=NCc1cc(Cl)sc1Cl. The van der Waals surface area contributed by atoms with Crippen molar-refractivity contribution in [2.24, 2.45) is 4.99 Å². The molecule has 0 aromatic carbocycles. The maximum Gasteiger partial charge on any atom is 0.235 e. The molecule has 1 aromatic heterocycles. The third-order valence-electron chi connectivity index (χ3n) is 1.04. The molecule has 1 aromatic rings. The van der Waals surface area contributed by atoms with E-state index < -0.39 is 0 Å². The summed E-state index contributed by atoms with van der Waals surface area (Å²) in [5.41, 5.74) is 0.769. The second-order valence-electron chi connectivity index (χ2n) is 1.76. The van der Waals surface area contributed by atoms with Gasteiger partial charge in [-0.25, -0.2) is 9.79 Å². The van der Waals surface area contributed by atoms with E-state index >= 15 is 0 Å². The van der Waals surface area contributed by atoms with Crippen molar-refractivity contribution in [2.45, 2.75) is 6.54 Å². The second kappa shape index (κ2) is 3.88. The van der Waals surface area contributed by atoms with Gasteiger partial charge in [0.25, 0.3) is 0 Å². The van der Waals surface area contributed by atoms with Gasteiger partial charge in [0.1, 0.15) is 0 Å². The number of isocyanates is 1. The summed E-state index contributed by atoms with van der Waals surface area (Å²) in [6.45, 7) is 0.256. The molecule has 1 heterocycles. The molecule has 0 aliphatic heterocycles. The third-order valence-corrected chi connectivity index (χ3v) is 2.61. The molecule has 0 bridgehead atoms. The van der Waals surface area contributed by atoms with Crippen molar-refractivity contribution in [1.82, 2.24) is 0 Å². The topological polar surface area (TPSA) is 29.4 Å². The molecule has 1 rings (SSSR count). The molecule has 0 aliphatic rings. The van der Waals surface area contributed by atoms with Gasteiger partial charge in [-0.15, -0.1) is 11.3 Å². The van der Waals surface area contributed by atoms with Gasteiger partial charge in [0.05, 0.1) is 15.2 Å². The van der Waals surface area contributed by atoms with E-state index in [0.717, 1.165) is 5.56 Å². The molecule has 11 heavy (non-hydrogen) atoms. The Balaban J connectivity index is 2.85. The summed E-state index contributed by atoms with van der Waals surface area (Å²) in [6.07, 6.45) is 1.43. The van der Waals surface area contributed by atoms with Crippen molar-refractivity contribution in [1.29, 1.82) is 0 Å². The Morgan fingerprint density at radius 3 is 2.82 bits per heavy atom. The van der Waals surface area contributed by atoms with E-state index in [1.807, 2.05) is 0 Å². The van der Waals surface area contributed by atoms with Crippen LogP contribution in [0, 0.1) is 0 Å². The van der Waals surface area contributed by atoms with Crippen LogP contribution in [-0.2, 0) is 11.3 Å². The van der Waals surface area contributed by atoms with Gasteiger partial charge in [-0.1, -0.05) is 23.2 Å². The van der Waals surface area contributed by atoms with Crippen LogP contribution in [0.25, 0.3) is 0 Å². The highest BCUT2D eigenvalue weighted by Crippen LogP contribution is 2.31. The minimum atomic E-state index is 0.256. The summed E-state index contributed by atoms with van der Waals surface area (Å²) in [5, 5.41) is 0. The first-order valence-electron chi connectivity index (χ1n) is 2.71. The van der Waals surface area contributed by atoms with Crippen LogP contribution in [0.15, 0.2) is 11.1 Å². The minimum Gasteiger partial charge on any atom is -0.211 e. The smallest absolute Gasteiger partial charge is 0.211 e. The monoisotopic (exact) mass is 207 g/mol. The van der Waals surface area contributed by atoms with E-state index in [0.29, 0.717) is 8.67 Å². The van der Waals surface area contributed by atoms with Crippen LogP contribution in [0.1, 0.15) is 5.56 Å². The number of nitrogens with zero attached hydrogens (tertiary/aromatic N) is 1. The molecular formula is C6H3Cl2NOS. The summed E-state index contributed by atoms with van der Waals surface area (Å²) in [6, 6.07) is 1.69. The van der Waals surface area contributed by atoms with E-state index in [1.54, 1.807) is 6.07 Å². The summed E-state index contributed by atoms with van der Waals surface area (Å²) in [7, 11) is 0. The number of hydrogen-bond donors (Lipinski definition) is 0. The normalized spacial score (nSPS) is 9.27. The fourth-order valence-electron chi connectivity index (χ4n) is 0.600. The largest absolute Gasteiger partial charge is 0.235 e. The molecule has 0 unspecified atom stereocenters. The third kappa shape index (κ3) is 2.31. The zero-order valence-corrected chi connectivity index (χ0v) is 7.63. The molecule has 0 N–H and O–H groups in total. The molecule has 2 nitrogen and oxygen atoms in total. The Kier molecular flexibility index (Phi) is 3.09. The van der Waals surface area contributed by atoms with Crippen molar-refractivity contribution >= 4 is 40.6 Å². The molecule has 0 fully saturated rings. The maximum atomic E-state index is 9.73. The predicted molar refractivity (Wildman–Crippen MR) is 46.2 cm³/mol. The first-order chi connectivity index (χ1) is 5.24. The molecule has 58 valence electrons. The van der Waals surface area contributed by atoms with E-state index in [2.05, 4.69) is 4.99 Å². The van der Waals surface area contributed by atoms with Gasteiger partial charge < -0.3 is 0 Å². The quantitative estimate of drug-likeness (QED) is 0.542. The van der Waals surface area contributed by atoms with Crippen molar-refractivity contribution in [3.63, 3.8) is 0 Å². The highest BCUT2D eigenvalue weighted by Gasteiger charge is 2.03. The standard InChI is InChI=1S/C6H3Cl2NOS/c7-5-1-4(2-9-3-10)6(8)11-5/h1H,2H2. The molecule has 0 aliphatic carbocycles. The lowest BCUT2D eigenvalue weighted by molar-refractivity contribution is 0.563. The van der Waals surface area contributed by atoms with E-state index in [4.69, 9.17) is 23.2 Å². The van der Waals surface area contributed by atoms with Crippen LogP contribution in [0.5, 0.6) is 0 Å². The Morgan fingerprint density at radius 1 is 1.64 bits per heavy atom. The fourth-order valence-corrected chi connectivity index (χ4v) is 2.07. The van der Waals surface area contributed by atoms with Crippen LogP contribution >= 0.6 is 34.5 Å². The van der Waals surface area contributed by atoms with Gasteiger partial charge in [0.15, 0.2) is 0 Å². The molecule has 0 spiro atoms. The lowest BCUT2D eigenvalue weighted by atomic mass is 10.3. The van der Waals surface area contributed by atoms with E-state index in [1.165, 1.54) is 17.4 Å². The van der Waals surface area contributed by atoms with Gasteiger partial charge in [0, 0.05) is 5.56 Å². The summed E-state index contributed by atoms with van der Waals surface area (Å²) < 4.78 is 1.18. The van der Waals surface area contributed by atoms with Gasteiger partial charge >= 0.3 is 0 Å². The highest BCUT2D eigenvalue weighted by molar-refractivity contribution is 7.20. The number of carbonyl (C=O) groups excluding carboxylic acids is 1. The van der Waals surface area contributed by atoms with Crippen LogP contribution in [0.2, 0.25) is 8.67 Å². The molecule has 0 atom stereocenters. The minimum absolute atomic E-state index is 0.256. The molecule has 0 amide bonds. The Hall–Kier alpha value is -0.340. The van der Waals surface area contributed by atoms with Crippen LogP contribution in [-0.4, -0.2) is 6.08 Å². The first kappa shape index (κ1) is 8.75. The molecule has 0 saturated carbocycles. The number of rotatable bonds is 2. The van der Waals surface area contributed by atoms with Gasteiger partial charge in [-0.3, -0.25) is 0 Å². The average molecular weight is 208 g/mol. The summed E-state index contributed by atoms with van der Waals surface area (Å²) in [4.78, 5) is 13.1. The Bertz CT molecular complexity index is 304. The predicted octanol–water partition coefficient (Wildman–Crippen LogP) is 2.89. The van der Waals surface area contributed by atoms with Crippen molar-refractivity contribution in [2.75, 3.05) is 0 Å². The lowest BCUT2D eigenvalue weighted by Gasteiger charge is -1.85. The van der Waals surface area contributed by atoms with Gasteiger partial charge in [-0.05, 0) is 6.07 Å². The second-order valence-corrected chi connectivity index (χ2v) is 4.04. The zero-order chi connectivity index (χ0) is 8.27. The Morgan fingerprint density at radius 2 is 2.36 bits per heavy atom. The number of thiophene rings is 1. The van der Waals surface area contributed by atoms with Crippen LogP contribution in [0.4, 0.5) is 0 Å². The summed E-state index contributed by atoms with van der Waals surface area (Å²) in [5.74, 6) is 0. The highest BCUT2D eigenvalue weighted by atomic mass is 35.5. The van der Waals surface area contributed by atoms with E-state index in [-0.39, 0.29) is 6.54 Å². The average Bonchev–Trinajstić information content (AvgIpc) is 2.26. The molecular weight excluding hydrogens is 205 g/mol. The van der Waals surface area contributed by atoms with Gasteiger partial charge in [0.2, 0.25) is 6.08 Å². The zero-order valence-electron chi connectivity index (χ0n) is 5.30. The molecule has 0 saturated heterocycles. The maximum absolute atomic E-state index is 9.73. The van der Waals surface area contributed by atoms with Gasteiger partial charge in [-0.2, -0.15) is 0 Å².